The summed E-state index contributed by atoms with van der Waals surface area (Å²) in [6, 6.07) is 87.3. The van der Waals surface area contributed by atoms with E-state index >= 15 is 0 Å². The molecule has 0 N–H and O–H groups in total. The molecule has 0 saturated heterocycles. The molecule has 1 unspecified atom stereocenters. The molecule has 1 heterocycles. The van der Waals surface area contributed by atoms with Crippen LogP contribution in [0.4, 0.5) is 34.1 Å². The van der Waals surface area contributed by atoms with Crippen molar-refractivity contribution in [3.05, 3.63) is 271 Å². The summed E-state index contributed by atoms with van der Waals surface area (Å²) in [5.41, 5.74) is 17.6. The van der Waals surface area contributed by atoms with Crippen LogP contribution in [-0.2, 0) is 10.3 Å². The number of hydrogen-bond donors (Lipinski definition) is 0. The number of benzene rings is 10. The molecule has 3 heteroatoms. The summed E-state index contributed by atoms with van der Waals surface area (Å²) < 4.78 is 6.81. The Morgan fingerprint density at radius 1 is 0.328 bits per heavy atom. The van der Waals surface area contributed by atoms with Crippen molar-refractivity contribution in [1.82, 2.24) is 0 Å². The Labute approximate surface area is 374 Å². The topological polar surface area (TPSA) is 15.7 Å². The van der Waals surface area contributed by atoms with Crippen LogP contribution in [0.2, 0.25) is 0 Å². The highest BCUT2D eigenvalue weighted by Crippen LogP contribution is 2.56. The Hall–Kier alpha value is -8.40. The van der Waals surface area contributed by atoms with Crippen molar-refractivity contribution in [3.8, 4) is 33.4 Å². The zero-order valence-corrected chi connectivity index (χ0v) is 35.1. The van der Waals surface area contributed by atoms with Gasteiger partial charge in [0.05, 0.1) is 11.9 Å². The van der Waals surface area contributed by atoms with E-state index in [0.717, 1.165) is 50.8 Å². The van der Waals surface area contributed by atoms with Gasteiger partial charge in [-0.25, -0.2) is 0 Å². The summed E-state index contributed by atoms with van der Waals surface area (Å²) in [5, 5.41) is 2.44. The van der Waals surface area contributed by atoms with E-state index in [-0.39, 0.29) is 0 Å². The summed E-state index contributed by atoms with van der Waals surface area (Å²) in [7, 11) is 0. The molecule has 3 nitrogen and oxygen atoms in total. The number of rotatable bonds is 8. The van der Waals surface area contributed by atoms with Gasteiger partial charge in [-0.2, -0.15) is 0 Å². The summed E-state index contributed by atoms with van der Waals surface area (Å²) >= 11 is 0. The molecule has 0 amide bonds. The van der Waals surface area contributed by atoms with Gasteiger partial charge < -0.3 is 14.5 Å². The molecule has 2 aliphatic rings. The molecule has 10 aromatic rings. The standard InChI is InChI=1S/C61H42N2O/c1-3-17-49(18-4-1)62(53-38-39-56-55-22-10-12-24-58(55)61(59(56)42-53)57-23-11-8-15-48(57)40-41-64-61)51-34-30-45(31-35-51)43-26-28-44(29-27-43)46-32-36-52(37-33-46)63(50-19-5-2-6-20-50)60-25-13-16-47-14-7-9-21-54(47)60/h1-42H. The van der Waals surface area contributed by atoms with Crippen LogP contribution in [0, 0.1) is 0 Å². The van der Waals surface area contributed by atoms with Gasteiger partial charge in [-0.05, 0) is 117 Å². The normalized spacial score (nSPS) is 14.4. The van der Waals surface area contributed by atoms with Crippen LogP contribution in [0.25, 0.3) is 50.2 Å². The largest absolute Gasteiger partial charge is 0.481 e. The fourth-order valence-corrected chi connectivity index (χ4v) is 9.91. The lowest BCUT2D eigenvalue weighted by Crippen LogP contribution is -2.31. The van der Waals surface area contributed by atoms with E-state index < -0.39 is 5.60 Å². The van der Waals surface area contributed by atoms with Gasteiger partial charge in [0.15, 0.2) is 5.60 Å². The first kappa shape index (κ1) is 37.4. The van der Waals surface area contributed by atoms with Gasteiger partial charge in [-0.3, -0.25) is 0 Å². The molecule has 1 atom stereocenters. The fraction of sp³-hybridized carbons (Fsp3) is 0.0164. The molecule has 1 aliphatic carbocycles. The molecule has 12 rings (SSSR count). The molecule has 0 fully saturated rings. The Balaban J connectivity index is 0.854. The number of para-hydroxylation sites is 2. The zero-order chi connectivity index (χ0) is 42.5. The maximum absolute atomic E-state index is 6.81. The van der Waals surface area contributed by atoms with Crippen molar-refractivity contribution in [2.75, 3.05) is 9.80 Å². The minimum Gasteiger partial charge on any atom is -0.481 e. The second kappa shape index (κ2) is 15.5. The first-order valence-electron chi connectivity index (χ1n) is 21.9. The summed E-state index contributed by atoms with van der Waals surface area (Å²) in [6.07, 6.45) is 3.94. The fourth-order valence-electron chi connectivity index (χ4n) is 9.91. The van der Waals surface area contributed by atoms with Gasteiger partial charge in [0.2, 0.25) is 0 Å². The first-order chi connectivity index (χ1) is 31.7. The minimum atomic E-state index is -0.742. The van der Waals surface area contributed by atoms with Gasteiger partial charge in [0, 0.05) is 50.5 Å². The van der Waals surface area contributed by atoms with Crippen molar-refractivity contribution < 1.29 is 4.74 Å². The molecule has 0 aromatic heterocycles. The molecule has 0 radical (unpaired) electrons. The van der Waals surface area contributed by atoms with E-state index in [0.29, 0.717) is 0 Å². The maximum Gasteiger partial charge on any atom is 0.185 e. The van der Waals surface area contributed by atoms with Crippen LogP contribution in [0.15, 0.2) is 249 Å². The lowest BCUT2D eigenvalue weighted by Gasteiger charge is -2.36. The Morgan fingerprint density at radius 3 is 1.50 bits per heavy atom. The third-order valence-corrected chi connectivity index (χ3v) is 12.9. The first-order valence-corrected chi connectivity index (χ1v) is 21.9. The smallest absolute Gasteiger partial charge is 0.185 e. The predicted octanol–water partition coefficient (Wildman–Crippen LogP) is 16.4. The number of ether oxygens (including phenoxy) is 1. The van der Waals surface area contributed by atoms with Gasteiger partial charge in [-0.1, -0.05) is 176 Å². The highest BCUT2D eigenvalue weighted by Gasteiger charge is 2.48. The van der Waals surface area contributed by atoms with Gasteiger partial charge >= 0.3 is 0 Å². The van der Waals surface area contributed by atoms with Crippen molar-refractivity contribution in [3.63, 3.8) is 0 Å². The lowest BCUT2D eigenvalue weighted by atomic mass is 9.80. The highest BCUT2D eigenvalue weighted by atomic mass is 16.5. The van der Waals surface area contributed by atoms with E-state index in [9.17, 15) is 0 Å². The maximum atomic E-state index is 6.81. The number of hydrogen-bond acceptors (Lipinski definition) is 3. The van der Waals surface area contributed by atoms with E-state index in [1.54, 1.807) is 0 Å². The average molecular weight is 819 g/mol. The number of nitrogens with zero attached hydrogens (tertiary/aromatic N) is 2. The van der Waals surface area contributed by atoms with Crippen LogP contribution in [0.3, 0.4) is 0 Å². The SMILES string of the molecule is C1=Cc2ccccc2C2(O1)c1ccccc1-c1ccc(N(c3ccccc3)c3ccc(-c4ccc(-c5ccc(N(c6ccccc6)c6cccc7ccccc67)cc5)cc4)cc3)cc12. The molecule has 64 heavy (non-hydrogen) atoms. The second-order valence-electron chi connectivity index (χ2n) is 16.5. The highest BCUT2D eigenvalue weighted by molar-refractivity contribution is 5.99. The Bertz CT molecular complexity index is 3340. The average Bonchev–Trinajstić information content (AvgIpc) is 3.64. The summed E-state index contributed by atoms with van der Waals surface area (Å²) in [6.45, 7) is 0. The molecular formula is C61H42N2O. The minimum absolute atomic E-state index is 0.742. The monoisotopic (exact) mass is 818 g/mol. The second-order valence-corrected chi connectivity index (χ2v) is 16.5. The zero-order valence-electron chi connectivity index (χ0n) is 35.1. The molecular weight excluding hydrogens is 777 g/mol. The Kier molecular flexibility index (Phi) is 9.05. The van der Waals surface area contributed by atoms with Crippen LogP contribution < -0.4 is 9.80 Å². The molecule has 10 aromatic carbocycles. The van der Waals surface area contributed by atoms with Crippen LogP contribution in [0.1, 0.15) is 22.3 Å². The van der Waals surface area contributed by atoms with E-state index in [1.165, 1.54) is 49.7 Å². The van der Waals surface area contributed by atoms with E-state index in [1.807, 2.05) is 6.26 Å². The third kappa shape index (κ3) is 6.20. The van der Waals surface area contributed by atoms with Crippen molar-refractivity contribution in [1.29, 1.82) is 0 Å². The molecule has 1 spiro atoms. The predicted molar refractivity (Wildman–Crippen MR) is 266 cm³/mol. The van der Waals surface area contributed by atoms with Crippen molar-refractivity contribution in [2.24, 2.45) is 0 Å². The van der Waals surface area contributed by atoms with Gasteiger partial charge in [0.1, 0.15) is 0 Å². The van der Waals surface area contributed by atoms with Gasteiger partial charge in [0.25, 0.3) is 0 Å². The summed E-state index contributed by atoms with van der Waals surface area (Å²) in [5.74, 6) is 0. The van der Waals surface area contributed by atoms with Crippen molar-refractivity contribution >= 4 is 51.0 Å². The third-order valence-electron chi connectivity index (χ3n) is 12.9. The quantitative estimate of drug-likeness (QED) is 0.152. The van der Waals surface area contributed by atoms with Crippen LogP contribution >= 0.6 is 0 Å². The molecule has 0 saturated carbocycles. The van der Waals surface area contributed by atoms with Crippen LogP contribution in [0.5, 0.6) is 0 Å². The van der Waals surface area contributed by atoms with Crippen LogP contribution in [-0.4, -0.2) is 0 Å². The van der Waals surface area contributed by atoms with Gasteiger partial charge in [-0.15, -0.1) is 0 Å². The van der Waals surface area contributed by atoms with Crippen molar-refractivity contribution in [2.45, 2.75) is 5.60 Å². The van der Waals surface area contributed by atoms with E-state index in [2.05, 4.69) is 259 Å². The molecule has 0 bridgehead atoms. The molecule has 302 valence electrons. The number of anilines is 6. The number of fused-ring (bicyclic) bond motifs is 8. The summed E-state index contributed by atoms with van der Waals surface area (Å²) in [4.78, 5) is 4.69. The lowest BCUT2D eigenvalue weighted by molar-refractivity contribution is 0.100. The van der Waals surface area contributed by atoms with E-state index in [4.69, 9.17) is 4.74 Å². The molecule has 1 aliphatic heterocycles. The Morgan fingerprint density at radius 2 is 0.812 bits per heavy atom.